The van der Waals surface area contributed by atoms with Crippen molar-refractivity contribution >= 4 is 23.6 Å². The molecule has 2 atom stereocenters. The zero-order valence-electron chi connectivity index (χ0n) is 17.5. The van der Waals surface area contributed by atoms with Crippen LogP contribution in [0.3, 0.4) is 0 Å². The lowest BCUT2D eigenvalue weighted by atomic mass is 9.96. The molecule has 2 fully saturated rings. The molecule has 3 heterocycles. The van der Waals surface area contributed by atoms with Gasteiger partial charge in [0.05, 0.1) is 12.0 Å². The van der Waals surface area contributed by atoms with Crippen LogP contribution in [0.15, 0.2) is 52.2 Å². The van der Waals surface area contributed by atoms with Gasteiger partial charge >= 0.3 is 6.03 Å². The summed E-state index contributed by atoms with van der Waals surface area (Å²) in [5.74, 6) is -0.0195. The van der Waals surface area contributed by atoms with Gasteiger partial charge in [-0.25, -0.2) is 9.80 Å². The Morgan fingerprint density at radius 2 is 1.97 bits per heavy atom. The fraction of sp³-hybridized carbons (Fsp3) is 0.391. The molecule has 2 aliphatic heterocycles. The standard InChI is InChI=1S/C23H24N4O4/c1-14-5-7-15(8-6-14)17-12-18(19-4-3-11-31-19)27(25-17)20(28)13-26-21(29)23(2,16-9-10-16)24-22(26)30/h3-8,11,16,18H,9-10,12-13H2,1-2H3,(H,24,30)/t18-,23+/m0/s1. The van der Waals surface area contributed by atoms with Gasteiger partial charge in [-0.3, -0.25) is 14.5 Å². The number of urea groups is 1. The maximum atomic E-state index is 13.2. The van der Waals surface area contributed by atoms with Gasteiger partial charge in [0, 0.05) is 6.42 Å². The van der Waals surface area contributed by atoms with Crippen LogP contribution in [0, 0.1) is 12.8 Å². The molecule has 8 heteroatoms. The summed E-state index contributed by atoms with van der Waals surface area (Å²) < 4.78 is 5.56. The maximum Gasteiger partial charge on any atom is 0.325 e. The Kier molecular flexibility index (Phi) is 4.46. The van der Waals surface area contributed by atoms with E-state index in [-0.39, 0.29) is 18.4 Å². The predicted octanol–water partition coefficient (Wildman–Crippen LogP) is 2.99. The van der Waals surface area contributed by atoms with Crippen molar-refractivity contribution in [2.75, 3.05) is 6.54 Å². The van der Waals surface area contributed by atoms with Gasteiger partial charge in [-0.1, -0.05) is 29.8 Å². The second kappa shape index (κ2) is 7.08. The van der Waals surface area contributed by atoms with E-state index in [1.807, 2.05) is 31.2 Å². The van der Waals surface area contributed by atoms with Crippen molar-refractivity contribution in [2.45, 2.75) is 44.7 Å². The highest BCUT2D eigenvalue weighted by Crippen LogP contribution is 2.42. The van der Waals surface area contributed by atoms with Crippen molar-refractivity contribution in [3.63, 3.8) is 0 Å². The van der Waals surface area contributed by atoms with Gasteiger partial charge in [-0.15, -0.1) is 0 Å². The zero-order valence-corrected chi connectivity index (χ0v) is 17.5. The Morgan fingerprint density at radius 3 is 2.61 bits per heavy atom. The summed E-state index contributed by atoms with van der Waals surface area (Å²) in [5.41, 5.74) is 1.90. The lowest BCUT2D eigenvalue weighted by Gasteiger charge is -2.23. The van der Waals surface area contributed by atoms with Gasteiger partial charge in [-0.05, 0) is 50.3 Å². The minimum atomic E-state index is -0.918. The van der Waals surface area contributed by atoms with Crippen LogP contribution in [0.25, 0.3) is 0 Å². The molecule has 0 unspecified atom stereocenters. The van der Waals surface area contributed by atoms with Crippen molar-refractivity contribution in [1.82, 2.24) is 15.2 Å². The maximum absolute atomic E-state index is 13.2. The number of amides is 4. The normalized spacial score (nSPS) is 25.7. The van der Waals surface area contributed by atoms with Gasteiger partial charge in [0.15, 0.2) is 0 Å². The highest BCUT2D eigenvalue weighted by molar-refractivity contribution is 6.09. The highest BCUT2D eigenvalue weighted by atomic mass is 16.3. The molecule has 1 aromatic heterocycles. The number of furan rings is 1. The van der Waals surface area contributed by atoms with Crippen LogP contribution in [-0.2, 0) is 9.59 Å². The first-order valence-corrected chi connectivity index (χ1v) is 10.5. The molecule has 3 aliphatic rings. The number of benzene rings is 1. The number of hydrogen-bond acceptors (Lipinski definition) is 5. The molecule has 5 rings (SSSR count). The second-order valence-corrected chi connectivity index (χ2v) is 8.68. The SMILES string of the molecule is Cc1ccc(C2=NN(C(=O)CN3C(=O)N[C@](C)(C4CC4)C3=O)[C@H](c3ccco3)C2)cc1. The monoisotopic (exact) mass is 420 g/mol. The van der Waals surface area contributed by atoms with E-state index in [4.69, 9.17) is 4.42 Å². The van der Waals surface area contributed by atoms with E-state index in [0.29, 0.717) is 12.2 Å². The molecule has 8 nitrogen and oxygen atoms in total. The summed E-state index contributed by atoms with van der Waals surface area (Å²) in [6.07, 6.45) is 3.85. The Hall–Kier alpha value is -3.42. The van der Waals surface area contributed by atoms with E-state index < -0.39 is 23.5 Å². The zero-order chi connectivity index (χ0) is 21.8. The summed E-state index contributed by atoms with van der Waals surface area (Å²) in [6.45, 7) is 3.40. The van der Waals surface area contributed by atoms with Crippen LogP contribution in [0.2, 0.25) is 0 Å². The van der Waals surface area contributed by atoms with Crippen LogP contribution < -0.4 is 5.32 Å². The first-order valence-electron chi connectivity index (χ1n) is 10.5. The summed E-state index contributed by atoms with van der Waals surface area (Å²) in [4.78, 5) is 39.6. The van der Waals surface area contributed by atoms with Gasteiger partial charge in [-0.2, -0.15) is 5.10 Å². The summed E-state index contributed by atoms with van der Waals surface area (Å²) in [5, 5.41) is 8.70. The van der Waals surface area contributed by atoms with Gasteiger partial charge < -0.3 is 9.73 Å². The number of rotatable bonds is 5. The molecule has 0 spiro atoms. The van der Waals surface area contributed by atoms with E-state index in [1.54, 1.807) is 25.3 Å². The molecule has 0 bridgehead atoms. The van der Waals surface area contributed by atoms with E-state index >= 15 is 0 Å². The fourth-order valence-electron chi connectivity index (χ4n) is 4.37. The van der Waals surface area contributed by atoms with Crippen LogP contribution >= 0.6 is 0 Å². The molecule has 160 valence electrons. The number of aryl methyl sites for hydroxylation is 1. The number of carbonyl (C=O) groups is 3. The Morgan fingerprint density at radius 1 is 1.23 bits per heavy atom. The van der Waals surface area contributed by atoms with E-state index in [1.165, 1.54) is 5.01 Å². The van der Waals surface area contributed by atoms with Crippen LogP contribution in [0.1, 0.15) is 49.1 Å². The van der Waals surface area contributed by atoms with Gasteiger partial charge in [0.1, 0.15) is 23.9 Å². The van der Waals surface area contributed by atoms with Crippen LogP contribution in [-0.4, -0.2) is 45.5 Å². The molecule has 1 saturated heterocycles. The number of nitrogens with zero attached hydrogens (tertiary/aromatic N) is 3. The van der Waals surface area contributed by atoms with E-state index in [0.717, 1.165) is 34.6 Å². The first kappa shape index (κ1) is 19.5. The van der Waals surface area contributed by atoms with Crippen molar-refractivity contribution in [3.05, 3.63) is 59.5 Å². The molecular weight excluding hydrogens is 396 g/mol. The average Bonchev–Trinajstić information content (AvgIpc) is 3.22. The minimum Gasteiger partial charge on any atom is -0.467 e. The lowest BCUT2D eigenvalue weighted by Crippen LogP contribution is -2.47. The van der Waals surface area contributed by atoms with Gasteiger partial charge in [0.2, 0.25) is 0 Å². The van der Waals surface area contributed by atoms with Crippen molar-refractivity contribution in [2.24, 2.45) is 11.0 Å². The molecule has 1 N–H and O–H groups in total. The summed E-state index contributed by atoms with van der Waals surface area (Å²) in [7, 11) is 0. The fourth-order valence-corrected chi connectivity index (χ4v) is 4.37. The molecule has 2 aromatic rings. The van der Waals surface area contributed by atoms with E-state index in [9.17, 15) is 14.4 Å². The Labute approximate surface area is 179 Å². The number of hydrazone groups is 1. The number of nitrogens with one attached hydrogen (secondary N) is 1. The van der Waals surface area contributed by atoms with Gasteiger partial charge in [0.25, 0.3) is 11.8 Å². The number of carbonyl (C=O) groups excluding carboxylic acids is 3. The molecule has 1 aliphatic carbocycles. The molecule has 1 aromatic carbocycles. The lowest BCUT2D eigenvalue weighted by molar-refractivity contribution is -0.140. The Balaban J connectivity index is 1.40. The Bertz CT molecular complexity index is 1070. The van der Waals surface area contributed by atoms with Crippen molar-refractivity contribution in [1.29, 1.82) is 0 Å². The number of imide groups is 1. The summed E-state index contributed by atoms with van der Waals surface area (Å²) >= 11 is 0. The molecule has 0 radical (unpaired) electrons. The second-order valence-electron chi connectivity index (χ2n) is 8.68. The molecule has 1 saturated carbocycles. The minimum absolute atomic E-state index is 0.137. The summed E-state index contributed by atoms with van der Waals surface area (Å²) in [6, 6.07) is 10.6. The highest BCUT2D eigenvalue weighted by Gasteiger charge is 2.56. The third-order valence-electron chi connectivity index (χ3n) is 6.41. The topological polar surface area (TPSA) is 95.2 Å². The predicted molar refractivity (Wildman–Crippen MR) is 112 cm³/mol. The average molecular weight is 420 g/mol. The third-order valence-corrected chi connectivity index (χ3v) is 6.41. The molecule has 31 heavy (non-hydrogen) atoms. The molecular formula is C23H24N4O4. The first-order chi connectivity index (χ1) is 14.9. The van der Waals surface area contributed by atoms with Crippen LogP contribution in [0.4, 0.5) is 4.79 Å². The largest absolute Gasteiger partial charge is 0.467 e. The van der Waals surface area contributed by atoms with Crippen LogP contribution in [0.5, 0.6) is 0 Å². The quantitative estimate of drug-likeness (QED) is 0.753. The smallest absolute Gasteiger partial charge is 0.325 e. The molecule has 4 amide bonds. The van der Waals surface area contributed by atoms with Crippen molar-refractivity contribution in [3.8, 4) is 0 Å². The number of hydrogen-bond donors (Lipinski definition) is 1. The third kappa shape index (κ3) is 3.32. The van der Waals surface area contributed by atoms with E-state index in [2.05, 4.69) is 10.4 Å². The van der Waals surface area contributed by atoms with Crippen molar-refractivity contribution < 1.29 is 18.8 Å².